The van der Waals surface area contributed by atoms with Crippen LogP contribution in [0.1, 0.15) is 42.5 Å². The number of carbonyl (C=O) groups is 2. The second-order valence-corrected chi connectivity index (χ2v) is 9.22. The van der Waals surface area contributed by atoms with E-state index in [0.29, 0.717) is 35.4 Å². The largest absolute Gasteiger partial charge is 0.480 e. The van der Waals surface area contributed by atoms with E-state index >= 15 is 0 Å². The normalized spacial score (nSPS) is 12.1. The van der Waals surface area contributed by atoms with Crippen LogP contribution in [0.3, 0.4) is 0 Å². The molecule has 0 aliphatic carbocycles. The van der Waals surface area contributed by atoms with Gasteiger partial charge in [-0.2, -0.15) is 0 Å². The van der Waals surface area contributed by atoms with Gasteiger partial charge in [0.2, 0.25) is 0 Å². The first-order valence-corrected chi connectivity index (χ1v) is 10.8. The van der Waals surface area contributed by atoms with Crippen LogP contribution >= 0.6 is 0 Å². The Morgan fingerprint density at radius 2 is 1.88 bits per heavy atom. The molecule has 0 unspecified atom stereocenters. The van der Waals surface area contributed by atoms with Gasteiger partial charge in [-0.15, -0.1) is 6.42 Å². The Kier molecular flexibility index (Phi) is 7.06. The average molecular weight is 461 g/mol. The molecule has 8 heteroatoms. The quantitative estimate of drug-likeness (QED) is 0.467. The summed E-state index contributed by atoms with van der Waals surface area (Å²) in [4.78, 5) is 45.5. The van der Waals surface area contributed by atoms with Crippen LogP contribution in [0.2, 0.25) is 0 Å². The van der Waals surface area contributed by atoms with Crippen molar-refractivity contribution in [3.05, 3.63) is 69.8 Å². The van der Waals surface area contributed by atoms with Crippen LogP contribution < -0.4 is 15.8 Å². The fourth-order valence-electron chi connectivity index (χ4n) is 3.66. The first-order valence-electron chi connectivity index (χ1n) is 10.8. The Morgan fingerprint density at radius 3 is 2.47 bits per heavy atom. The lowest BCUT2D eigenvalue weighted by atomic mass is 9.86. The number of terminal acetylenes is 1. The van der Waals surface area contributed by atoms with Gasteiger partial charge in [0.05, 0.1) is 17.4 Å². The van der Waals surface area contributed by atoms with Gasteiger partial charge in [0, 0.05) is 17.8 Å². The summed E-state index contributed by atoms with van der Waals surface area (Å²) in [5.41, 5.74) is 1.81. The molecule has 0 saturated heterocycles. The zero-order chi connectivity index (χ0) is 25.0. The van der Waals surface area contributed by atoms with Crippen LogP contribution in [-0.4, -0.2) is 39.5 Å². The highest BCUT2D eigenvalue weighted by Gasteiger charge is 2.32. The molecule has 0 saturated carbocycles. The number of anilines is 1. The molecule has 0 radical (unpaired) electrons. The third-order valence-corrected chi connectivity index (χ3v) is 5.43. The Labute approximate surface area is 198 Å². The molecule has 0 bridgehead atoms. The maximum atomic E-state index is 12.6. The monoisotopic (exact) mass is 460 g/mol. The molecule has 0 spiro atoms. The van der Waals surface area contributed by atoms with Gasteiger partial charge in [0.15, 0.2) is 0 Å². The SMILES string of the molecule is C#CCN(Cc1ccc2nc(C)[nH]c(=O)c2c1)c1ccc(C(=O)N[C@@H](C(=O)O)C(C)(C)C)cc1. The molecular formula is C26H28N4O4. The number of carboxylic acid groups (broad SMARTS) is 1. The molecule has 0 fully saturated rings. The number of aryl methyl sites for hydroxylation is 1. The predicted octanol–water partition coefficient (Wildman–Crippen LogP) is 3.10. The van der Waals surface area contributed by atoms with Crippen LogP contribution in [0.5, 0.6) is 0 Å². The lowest BCUT2D eigenvalue weighted by Gasteiger charge is -2.28. The molecule has 2 aromatic carbocycles. The van der Waals surface area contributed by atoms with Crippen LogP contribution in [0, 0.1) is 24.7 Å². The Morgan fingerprint density at radius 1 is 1.21 bits per heavy atom. The second kappa shape index (κ2) is 9.79. The lowest BCUT2D eigenvalue weighted by molar-refractivity contribution is -0.142. The number of carboxylic acids is 1. The third kappa shape index (κ3) is 5.62. The van der Waals surface area contributed by atoms with Crippen molar-refractivity contribution >= 4 is 28.5 Å². The standard InChI is InChI=1S/C26H28N4O4/c1-6-13-30(15-17-7-12-21-20(14-17)24(32)28-16(2)27-21)19-10-8-18(9-11-19)23(31)29-22(25(33)34)26(3,4)5/h1,7-12,14,22H,13,15H2,2-5H3,(H,29,31)(H,33,34)(H,27,28,32)/t22-/m0/s1. The van der Waals surface area contributed by atoms with E-state index < -0.39 is 23.3 Å². The first-order chi connectivity index (χ1) is 16.0. The van der Waals surface area contributed by atoms with Crippen LogP contribution in [0.25, 0.3) is 10.9 Å². The number of nitrogens with zero attached hydrogens (tertiary/aromatic N) is 2. The first kappa shape index (κ1) is 24.5. The molecule has 1 amide bonds. The Balaban J connectivity index is 1.81. The molecule has 34 heavy (non-hydrogen) atoms. The number of carbonyl (C=O) groups excluding carboxylic acids is 1. The van der Waals surface area contributed by atoms with E-state index in [-0.39, 0.29) is 5.56 Å². The van der Waals surface area contributed by atoms with Gasteiger partial charge in [-0.3, -0.25) is 9.59 Å². The maximum absolute atomic E-state index is 12.6. The minimum Gasteiger partial charge on any atom is -0.480 e. The molecule has 1 heterocycles. The lowest BCUT2D eigenvalue weighted by Crippen LogP contribution is -2.49. The van der Waals surface area contributed by atoms with Crippen molar-refractivity contribution < 1.29 is 14.7 Å². The fourth-order valence-corrected chi connectivity index (χ4v) is 3.66. The summed E-state index contributed by atoms with van der Waals surface area (Å²) in [6, 6.07) is 11.3. The van der Waals surface area contributed by atoms with Crippen LogP contribution in [0.4, 0.5) is 5.69 Å². The number of benzene rings is 2. The van der Waals surface area contributed by atoms with E-state index in [2.05, 4.69) is 21.2 Å². The minimum atomic E-state index is -1.09. The van der Waals surface area contributed by atoms with Crippen molar-refractivity contribution in [2.24, 2.45) is 5.41 Å². The van der Waals surface area contributed by atoms with Gasteiger partial charge in [-0.05, 0) is 54.3 Å². The Hall–Kier alpha value is -4.12. The highest BCUT2D eigenvalue weighted by atomic mass is 16.4. The van der Waals surface area contributed by atoms with Crippen molar-refractivity contribution in [1.82, 2.24) is 15.3 Å². The van der Waals surface area contributed by atoms with Gasteiger partial charge in [0.25, 0.3) is 11.5 Å². The molecule has 8 nitrogen and oxygen atoms in total. The smallest absolute Gasteiger partial charge is 0.326 e. The summed E-state index contributed by atoms with van der Waals surface area (Å²) in [6.07, 6.45) is 5.58. The van der Waals surface area contributed by atoms with Gasteiger partial charge in [-0.25, -0.2) is 9.78 Å². The predicted molar refractivity (Wildman–Crippen MR) is 132 cm³/mol. The van der Waals surface area contributed by atoms with Crippen molar-refractivity contribution in [2.75, 3.05) is 11.4 Å². The molecule has 0 aliphatic rings. The number of aliphatic carboxylic acids is 1. The maximum Gasteiger partial charge on any atom is 0.326 e. The van der Waals surface area contributed by atoms with Crippen molar-refractivity contribution in [2.45, 2.75) is 40.3 Å². The number of hydrogen-bond donors (Lipinski definition) is 3. The number of hydrogen-bond acceptors (Lipinski definition) is 5. The van der Waals surface area contributed by atoms with E-state index in [9.17, 15) is 19.5 Å². The number of aromatic amines is 1. The third-order valence-electron chi connectivity index (χ3n) is 5.43. The summed E-state index contributed by atoms with van der Waals surface area (Å²) < 4.78 is 0. The number of fused-ring (bicyclic) bond motifs is 1. The van der Waals surface area contributed by atoms with E-state index in [1.807, 2.05) is 17.0 Å². The number of H-pyrrole nitrogens is 1. The van der Waals surface area contributed by atoms with E-state index in [0.717, 1.165) is 11.3 Å². The molecule has 176 valence electrons. The van der Waals surface area contributed by atoms with Crippen LogP contribution in [0.15, 0.2) is 47.3 Å². The summed E-state index contributed by atoms with van der Waals surface area (Å²) in [6.45, 7) is 7.76. The van der Waals surface area contributed by atoms with Gasteiger partial charge in [-0.1, -0.05) is 32.8 Å². The Bertz CT molecular complexity index is 1310. The summed E-state index contributed by atoms with van der Waals surface area (Å²) >= 11 is 0. The summed E-state index contributed by atoms with van der Waals surface area (Å²) in [5, 5.41) is 12.5. The fraction of sp³-hybridized carbons (Fsp3) is 0.308. The number of amides is 1. The topological polar surface area (TPSA) is 115 Å². The van der Waals surface area contributed by atoms with Crippen molar-refractivity contribution in [3.8, 4) is 12.3 Å². The molecular weight excluding hydrogens is 432 g/mol. The highest BCUT2D eigenvalue weighted by Crippen LogP contribution is 2.22. The molecule has 0 aliphatic heterocycles. The zero-order valence-corrected chi connectivity index (χ0v) is 19.7. The average Bonchev–Trinajstić information content (AvgIpc) is 2.76. The molecule has 1 atom stereocenters. The summed E-state index contributed by atoms with van der Waals surface area (Å²) in [7, 11) is 0. The van der Waals surface area contributed by atoms with Gasteiger partial charge < -0.3 is 20.3 Å². The van der Waals surface area contributed by atoms with E-state index in [4.69, 9.17) is 6.42 Å². The van der Waals surface area contributed by atoms with Gasteiger partial charge >= 0.3 is 5.97 Å². The minimum absolute atomic E-state index is 0.196. The zero-order valence-electron chi connectivity index (χ0n) is 19.7. The summed E-state index contributed by atoms with van der Waals surface area (Å²) in [5.74, 6) is 1.64. The number of rotatable bonds is 7. The van der Waals surface area contributed by atoms with Crippen LogP contribution in [-0.2, 0) is 11.3 Å². The molecule has 3 aromatic rings. The second-order valence-electron chi connectivity index (χ2n) is 9.22. The van der Waals surface area contributed by atoms with Crippen molar-refractivity contribution in [1.29, 1.82) is 0 Å². The van der Waals surface area contributed by atoms with Crippen molar-refractivity contribution in [3.63, 3.8) is 0 Å². The van der Waals surface area contributed by atoms with Gasteiger partial charge in [0.1, 0.15) is 11.9 Å². The highest BCUT2D eigenvalue weighted by molar-refractivity contribution is 5.97. The molecule has 3 N–H and O–H groups in total. The number of aromatic nitrogens is 2. The molecule has 1 aromatic heterocycles. The number of nitrogens with one attached hydrogen (secondary N) is 2. The molecule has 3 rings (SSSR count). The van der Waals surface area contributed by atoms with E-state index in [1.54, 1.807) is 58.0 Å². The van der Waals surface area contributed by atoms with E-state index in [1.165, 1.54) is 0 Å².